The van der Waals surface area contributed by atoms with Gasteiger partial charge in [0.1, 0.15) is 11.8 Å². The number of fused-ring (bicyclic) bond motifs is 1. The summed E-state index contributed by atoms with van der Waals surface area (Å²) in [7, 11) is 0. The number of nitrogens with zero attached hydrogens (tertiary/aromatic N) is 4. The van der Waals surface area contributed by atoms with Gasteiger partial charge >= 0.3 is 0 Å². The molecule has 0 radical (unpaired) electrons. The molecule has 0 bridgehead atoms. The Labute approximate surface area is 117 Å². The van der Waals surface area contributed by atoms with E-state index >= 15 is 0 Å². The fourth-order valence-corrected chi connectivity index (χ4v) is 2.76. The highest BCUT2D eigenvalue weighted by Gasteiger charge is 2.13. The summed E-state index contributed by atoms with van der Waals surface area (Å²) in [4.78, 5) is 12.1. The lowest BCUT2D eigenvalue weighted by Gasteiger charge is -2.21. The highest BCUT2D eigenvalue weighted by Crippen LogP contribution is 2.20. The molecule has 2 aromatic heterocycles. The quantitative estimate of drug-likeness (QED) is 0.776. The van der Waals surface area contributed by atoms with Crippen LogP contribution in [0.3, 0.4) is 0 Å². The molecule has 0 aromatic carbocycles. The van der Waals surface area contributed by atoms with Crippen molar-refractivity contribution in [2.75, 3.05) is 13.2 Å². The van der Waals surface area contributed by atoms with Crippen LogP contribution in [0.4, 0.5) is 0 Å². The van der Waals surface area contributed by atoms with E-state index in [-0.39, 0.29) is 5.56 Å². The van der Waals surface area contributed by atoms with Crippen molar-refractivity contribution < 1.29 is 4.74 Å². The van der Waals surface area contributed by atoms with Crippen LogP contribution < -0.4 is 5.56 Å². The van der Waals surface area contributed by atoms with Crippen LogP contribution in [0, 0.1) is 5.92 Å². The van der Waals surface area contributed by atoms with Crippen molar-refractivity contribution in [1.82, 2.24) is 19.4 Å². The van der Waals surface area contributed by atoms with Crippen LogP contribution in [0.1, 0.15) is 32.1 Å². The molecule has 1 fully saturated rings. The molecule has 1 aliphatic rings. The van der Waals surface area contributed by atoms with E-state index in [1.807, 2.05) is 0 Å². The van der Waals surface area contributed by atoms with Crippen molar-refractivity contribution >= 4 is 5.52 Å². The molecule has 6 heteroatoms. The summed E-state index contributed by atoms with van der Waals surface area (Å²) < 4.78 is 8.42. The minimum Gasteiger partial charge on any atom is -0.381 e. The van der Waals surface area contributed by atoms with Gasteiger partial charge in [-0.25, -0.2) is 9.20 Å². The lowest BCUT2D eigenvalue weighted by molar-refractivity contribution is 0.0630. The van der Waals surface area contributed by atoms with E-state index in [9.17, 15) is 4.79 Å². The topological polar surface area (TPSA) is 61.4 Å². The molecular formula is C14H20N4O2. The first-order chi connectivity index (χ1) is 9.84. The first kappa shape index (κ1) is 13.3. The fourth-order valence-electron chi connectivity index (χ4n) is 2.76. The number of aromatic nitrogens is 4. The average molecular weight is 276 g/mol. The first-order valence-electron chi connectivity index (χ1n) is 7.32. The Morgan fingerprint density at radius 2 is 2.10 bits per heavy atom. The molecule has 0 saturated carbocycles. The number of hydrogen-bond donors (Lipinski definition) is 0. The maximum atomic E-state index is 12.1. The molecule has 0 aliphatic carbocycles. The van der Waals surface area contributed by atoms with Crippen molar-refractivity contribution in [3.05, 3.63) is 28.9 Å². The summed E-state index contributed by atoms with van der Waals surface area (Å²) in [6.45, 7) is 2.50. The van der Waals surface area contributed by atoms with E-state index in [1.54, 1.807) is 23.3 Å². The standard InChI is InChI=1S/C14H20N4O2/c19-14-13-4-7-15-18(13)11-16-17(14)8-2-1-3-12-5-9-20-10-6-12/h4,7,11-12H,1-3,5-6,8-10H2. The molecule has 0 N–H and O–H groups in total. The summed E-state index contributed by atoms with van der Waals surface area (Å²) in [5, 5.41) is 8.15. The molecule has 6 nitrogen and oxygen atoms in total. The van der Waals surface area contributed by atoms with E-state index in [4.69, 9.17) is 4.74 Å². The molecule has 2 aromatic rings. The van der Waals surface area contributed by atoms with Crippen LogP contribution in [0.5, 0.6) is 0 Å². The number of rotatable bonds is 5. The molecule has 20 heavy (non-hydrogen) atoms. The van der Waals surface area contributed by atoms with Gasteiger partial charge in [0, 0.05) is 19.8 Å². The van der Waals surface area contributed by atoms with Crippen molar-refractivity contribution in [3.8, 4) is 0 Å². The zero-order valence-electron chi connectivity index (χ0n) is 11.6. The fraction of sp³-hybridized carbons (Fsp3) is 0.643. The number of ether oxygens (including phenoxy) is 1. The van der Waals surface area contributed by atoms with Gasteiger partial charge in [-0.05, 0) is 31.2 Å². The minimum absolute atomic E-state index is 0.0592. The summed E-state index contributed by atoms with van der Waals surface area (Å²) in [6.07, 6.45) is 8.94. The van der Waals surface area contributed by atoms with Gasteiger partial charge in [-0.15, -0.1) is 0 Å². The second-order valence-corrected chi connectivity index (χ2v) is 5.37. The molecule has 0 amide bonds. The second-order valence-electron chi connectivity index (χ2n) is 5.37. The first-order valence-corrected chi connectivity index (χ1v) is 7.32. The normalized spacial score (nSPS) is 16.8. The maximum Gasteiger partial charge on any atom is 0.292 e. The second kappa shape index (κ2) is 6.17. The molecule has 1 saturated heterocycles. The lowest BCUT2D eigenvalue weighted by atomic mass is 9.94. The van der Waals surface area contributed by atoms with E-state index in [0.29, 0.717) is 12.1 Å². The number of unbranched alkanes of at least 4 members (excludes halogenated alkanes) is 1. The van der Waals surface area contributed by atoms with Gasteiger partial charge in [-0.2, -0.15) is 10.2 Å². The minimum atomic E-state index is -0.0592. The Kier molecular flexibility index (Phi) is 4.11. The van der Waals surface area contributed by atoms with Crippen LogP contribution in [0.15, 0.2) is 23.4 Å². The molecule has 108 valence electrons. The third-order valence-electron chi connectivity index (χ3n) is 4.00. The van der Waals surface area contributed by atoms with E-state index in [0.717, 1.165) is 32.0 Å². The van der Waals surface area contributed by atoms with Gasteiger partial charge in [-0.3, -0.25) is 4.79 Å². The van der Waals surface area contributed by atoms with Crippen LogP contribution in [0.2, 0.25) is 0 Å². The van der Waals surface area contributed by atoms with Gasteiger partial charge in [0.15, 0.2) is 0 Å². The van der Waals surface area contributed by atoms with Gasteiger partial charge in [0.05, 0.1) is 6.20 Å². The number of aryl methyl sites for hydroxylation is 1. The largest absolute Gasteiger partial charge is 0.381 e. The lowest BCUT2D eigenvalue weighted by Crippen LogP contribution is -2.24. The highest BCUT2D eigenvalue weighted by molar-refractivity contribution is 5.41. The summed E-state index contributed by atoms with van der Waals surface area (Å²) >= 11 is 0. The average Bonchev–Trinajstić information content (AvgIpc) is 2.96. The molecular weight excluding hydrogens is 256 g/mol. The van der Waals surface area contributed by atoms with Crippen molar-refractivity contribution in [2.24, 2.45) is 5.92 Å². The van der Waals surface area contributed by atoms with Gasteiger partial charge in [0.2, 0.25) is 0 Å². The van der Waals surface area contributed by atoms with Crippen LogP contribution in [-0.4, -0.2) is 32.6 Å². The highest BCUT2D eigenvalue weighted by atomic mass is 16.5. The van der Waals surface area contributed by atoms with Crippen LogP contribution in [0.25, 0.3) is 5.52 Å². The molecule has 0 atom stereocenters. The van der Waals surface area contributed by atoms with Crippen LogP contribution >= 0.6 is 0 Å². The molecule has 1 aliphatic heterocycles. The Hall–Kier alpha value is -1.69. The summed E-state index contributed by atoms with van der Waals surface area (Å²) in [5.41, 5.74) is 0.528. The third-order valence-corrected chi connectivity index (χ3v) is 4.00. The monoisotopic (exact) mass is 276 g/mol. The van der Waals surface area contributed by atoms with Crippen molar-refractivity contribution in [3.63, 3.8) is 0 Å². The third kappa shape index (κ3) is 2.90. The zero-order chi connectivity index (χ0) is 13.8. The van der Waals surface area contributed by atoms with Crippen LogP contribution in [-0.2, 0) is 11.3 Å². The maximum absolute atomic E-state index is 12.1. The molecule has 0 spiro atoms. The Bertz CT molecular complexity index is 613. The Morgan fingerprint density at radius 1 is 1.25 bits per heavy atom. The summed E-state index contributed by atoms with van der Waals surface area (Å²) in [6, 6.07) is 1.72. The van der Waals surface area contributed by atoms with Crippen molar-refractivity contribution in [2.45, 2.75) is 38.6 Å². The molecule has 3 heterocycles. The Balaban J connectivity index is 1.52. The molecule has 0 unspecified atom stereocenters. The SMILES string of the molecule is O=c1c2ccnn2cnn1CCCCC1CCOCC1. The predicted octanol–water partition coefficient (Wildman–Crippen LogP) is 1.49. The van der Waals surface area contributed by atoms with E-state index < -0.39 is 0 Å². The van der Waals surface area contributed by atoms with Gasteiger partial charge in [-0.1, -0.05) is 12.8 Å². The smallest absolute Gasteiger partial charge is 0.292 e. The van der Waals surface area contributed by atoms with Gasteiger partial charge < -0.3 is 4.74 Å². The van der Waals surface area contributed by atoms with Gasteiger partial charge in [0.25, 0.3) is 5.56 Å². The number of hydrogen-bond acceptors (Lipinski definition) is 4. The van der Waals surface area contributed by atoms with Crippen molar-refractivity contribution in [1.29, 1.82) is 0 Å². The summed E-state index contributed by atoms with van der Waals surface area (Å²) in [5.74, 6) is 0.797. The van der Waals surface area contributed by atoms with E-state index in [2.05, 4.69) is 10.2 Å². The Morgan fingerprint density at radius 3 is 2.95 bits per heavy atom. The van der Waals surface area contributed by atoms with E-state index in [1.165, 1.54) is 23.8 Å². The predicted molar refractivity (Wildman–Crippen MR) is 74.6 cm³/mol. The molecule has 3 rings (SSSR count). The zero-order valence-corrected chi connectivity index (χ0v) is 11.6.